The molecule has 1 nitrogen and oxygen atoms in total. The van der Waals surface area contributed by atoms with Gasteiger partial charge in [-0.15, -0.1) is 0 Å². The zero-order valence-electron chi connectivity index (χ0n) is 3.55. The summed E-state index contributed by atoms with van der Waals surface area (Å²) < 4.78 is 0. The molecule has 0 aromatic rings. The van der Waals surface area contributed by atoms with Crippen LogP contribution in [0, 0.1) is 0 Å². The van der Waals surface area contributed by atoms with E-state index in [-0.39, 0.29) is 110 Å². The molecule has 0 rings (SSSR count). The largest absolute Gasteiger partial charge is 3.00 e. The van der Waals surface area contributed by atoms with Crippen molar-refractivity contribution in [2.75, 3.05) is 0 Å². The molecule has 0 aromatic carbocycles. The Hall–Kier alpha value is 3.35. The summed E-state index contributed by atoms with van der Waals surface area (Å²) >= 11 is 0. The van der Waals surface area contributed by atoms with Crippen molar-refractivity contribution in [2.24, 2.45) is 0 Å². The Morgan fingerprint density at radius 3 is 0.667 bits per heavy atom. The molecular formula is Ga2InOZn2+11. The van der Waals surface area contributed by atoms with E-state index >= 15 is 0 Å². The second-order valence-corrected chi connectivity index (χ2v) is 0. The van der Waals surface area contributed by atoms with Gasteiger partial charge in [-0.2, -0.15) is 0 Å². The van der Waals surface area contributed by atoms with Crippen LogP contribution in [-0.4, -0.2) is 65.4 Å². The molecule has 0 aliphatic rings. The van der Waals surface area contributed by atoms with Gasteiger partial charge >= 0.3 is 104 Å². The molecule has 0 N–H and O–H groups in total. The van der Waals surface area contributed by atoms with E-state index in [4.69, 9.17) is 0 Å². The summed E-state index contributed by atoms with van der Waals surface area (Å²) in [6, 6.07) is 0. The first-order valence-electron chi connectivity index (χ1n) is 0. The molecule has 8 valence electrons. The third kappa shape index (κ3) is 26.4. The molecule has 0 aromatic heterocycles. The molecule has 0 aliphatic heterocycles. The quantitative estimate of drug-likeness (QED) is 0.454. The number of rotatable bonds is 0. The Bertz CT molecular complexity index is 11.5. The third-order valence-corrected chi connectivity index (χ3v) is 0. The summed E-state index contributed by atoms with van der Waals surface area (Å²) in [4.78, 5) is 0. The first-order valence-corrected chi connectivity index (χ1v) is 0. The van der Waals surface area contributed by atoms with Gasteiger partial charge in [0.1, 0.15) is 0 Å². The molecule has 6 heavy (non-hydrogen) atoms. The van der Waals surface area contributed by atoms with Crippen molar-refractivity contribution in [1.29, 1.82) is 0 Å². The van der Waals surface area contributed by atoms with Crippen molar-refractivity contribution < 1.29 is 44.4 Å². The van der Waals surface area contributed by atoms with Crippen molar-refractivity contribution in [3.05, 3.63) is 0 Å². The van der Waals surface area contributed by atoms with E-state index in [1.807, 2.05) is 0 Å². The van der Waals surface area contributed by atoms with Crippen LogP contribution >= 0.6 is 0 Å². The molecule has 0 unspecified atom stereocenters. The second-order valence-electron chi connectivity index (χ2n) is 0. The van der Waals surface area contributed by atoms with Crippen LogP contribution in [0.4, 0.5) is 0 Å². The Morgan fingerprint density at radius 1 is 0.667 bits per heavy atom. The van der Waals surface area contributed by atoms with Gasteiger partial charge in [0.05, 0.1) is 0 Å². The van der Waals surface area contributed by atoms with Crippen molar-refractivity contribution >= 4 is 65.4 Å². The van der Waals surface area contributed by atoms with E-state index in [0.717, 1.165) is 0 Å². The van der Waals surface area contributed by atoms with Crippen molar-refractivity contribution in [3.63, 3.8) is 0 Å². The van der Waals surface area contributed by atoms with Gasteiger partial charge in [0, 0.05) is 0 Å². The molecule has 0 aliphatic carbocycles. The third-order valence-electron chi connectivity index (χ3n) is 0. The van der Waals surface area contributed by atoms with Gasteiger partial charge in [0.25, 0.3) is 0 Å². The van der Waals surface area contributed by atoms with Crippen LogP contribution < -0.4 is 0 Å². The molecule has 0 heterocycles. The molecule has 0 saturated heterocycles. The van der Waals surface area contributed by atoms with E-state index in [1.54, 1.807) is 0 Å². The molecule has 6 heteroatoms. The summed E-state index contributed by atoms with van der Waals surface area (Å²) in [5.41, 5.74) is 0. The Balaban J connectivity index is 0. The molecule has 0 spiro atoms. The molecule has 0 radical (unpaired) electrons. The van der Waals surface area contributed by atoms with Crippen molar-refractivity contribution in [2.45, 2.75) is 0 Å². The van der Waals surface area contributed by atoms with Crippen molar-refractivity contribution in [1.82, 2.24) is 0 Å². The minimum Gasteiger partial charge on any atom is -2.00 e. The fraction of sp³-hybridized carbons (Fsp3) is 0. The monoisotopic (exact) mass is 397 g/mol. The zero-order chi connectivity index (χ0) is 0. The zero-order valence-corrected chi connectivity index (χ0v) is 17.6. The van der Waals surface area contributed by atoms with E-state index < -0.39 is 0 Å². The van der Waals surface area contributed by atoms with Gasteiger partial charge < -0.3 is 5.48 Å². The fourth-order valence-corrected chi connectivity index (χ4v) is 0. The summed E-state index contributed by atoms with van der Waals surface area (Å²) in [5, 5.41) is 0. The first-order chi connectivity index (χ1) is 0. The standard InChI is InChI=1S/2Ga.In.O.2Zn/q3*+3;-2;2*+2. The molecule has 0 amide bonds. The molecule has 0 atom stereocenters. The topological polar surface area (TPSA) is 28.5 Å². The number of hydrogen-bond acceptors (Lipinski definition) is 0. The second kappa shape index (κ2) is 40.2. The SMILES string of the molecule is [Ga+3].[Ga+3].[In+3].[O-2].[Zn+2].[Zn+2]. The predicted molar refractivity (Wildman–Crippen MR) is 17.9 cm³/mol. The van der Waals surface area contributed by atoms with E-state index in [1.165, 1.54) is 0 Å². The average molecular weight is 401 g/mol. The maximum absolute atomic E-state index is 0. The van der Waals surface area contributed by atoms with E-state index in [2.05, 4.69) is 0 Å². The van der Waals surface area contributed by atoms with Gasteiger partial charge in [-0.1, -0.05) is 0 Å². The average Bonchev–Trinajstić information content (AvgIpc) is 0. The summed E-state index contributed by atoms with van der Waals surface area (Å²) in [6.45, 7) is 0. The molecular weight excluding hydrogens is 401 g/mol. The van der Waals surface area contributed by atoms with Crippen LogP contribution in [0.3, 0.4) is 0 Å². The van der Waals surface area contributed by atoms with E-state index in [9.17, 15) is 0 Å². The minimum atomic E-state index is 0. The maximum Gasteiger partial charge on any atom is 3.00 e. The Kier molecular flexibility index (Phi) is 389. The predicted octanol–water partition coefficient (Wildman–Crippen LogP) is -1.27. The number of hydrogen-bond donors (Lipinski definition) is 0. The molecule has 0 saturated carbocycles. The van der Waals surface area contributed by atoms with Crippen LogP contribution in [0.25, 0.3) is 0 Å². The van der Waals surface area contributed by atoms with Crippen molar-refractivity contribution in [3.8, 4) is 0 Å². The van der Waals surface area contributed by atoms with Gasteiger partial charge in [0.15, 0.2) is 0 Å². The normalized spacial score (nSPS) is 0. The van der Waals surface area contributed by atoms with Crippen LogP contribution in [0.2, 0.25) is 0 Å². The molecule has 0 fully saturated rings. The Labute approximate surface area is 108 Å². The van der Waals surface area contributed by atoms with Crippen LogP contribution in [0.15, 0.2) is 0 Å². The summed E-state index contributed by atoms with van der Waals surface area (Å²) in [5.74, 6) is 0. The summed E-state index contributed by atoms with van der Waals surface area (Å²) in [6.07, 6.45) is 0. The van der Waals surface area contributed by atoms with E-state index in [0.29, 0.717) is 0 Å². The first kappa shape index (κ1) is 58.1. The van der Waals surface area contributed by atoms with Gasteiger partial charge in [-0.25, -0.2) is 0 Å². The maximum atomic E-state index is 0. The van der Waals surface area contributed by atoms with Crippen LogP contribution in [-0.2, 0) is 44.4 Å². The minimum absolute atomic E-state index is 0. The Morgan fingerprint density at radius 2 is 0.667 bits per heavy atom. The van der Waals surface area contributed by atoms with Crippen LogP contribution in [0.1, 0.15) is 0 Å². The smallest absolute Gasteiger partial charge is 2.00 e. The van der Waals surface area contributed by atoms with Gasteiger partial charge in [-0.3, -0.25) is 0 Å². The van der Waals surface area contributed by atoms with Crippen LogP contribution in [0.5, 0.6) is 0 Å². The molecule has 0 bridgehead atoms. The summed E-state index contributed by atoms with van der Waals surface area (Å²) in [7, 11) is 0. The van der Waals surface area contributed by atoms with Gasteiger partial charge in [-0.05, 0) is 0 Å². The van der Waals surface area contributed by atoms with Gasteiger partial charge in [0.2, 0.25) is 0 Å². The fourth-order valence-electron chi connectivity index (χ4n) is 0.